The zero-order valence-electron chi connectivity index (χ0n) is 10.8. The highest BCUT2D eigenvalue weighted by atomic mass is 16.2. The lowest BCUT2D eigenvalue weighted by Gasteiger charge is -2.29. The molecule has 0 aromatic heterocycles. The van der Waals surface area contributed by atoms with Gasteiger partial charge in [-0.1, -0.05) is 18.2 Å². The maximum absolute atomic E-state index is 11.9. The van der Waals surface area contributed by atoms with Gasteiger partial charge in [-0.3, -0.25) is 4.79 Å². The molecule has 1 fully saturated rings. The summed E-state index contributed by atoms with van der Waals surface area (Å²) in [6.07, 6.45) is 2.33. The Bertz CT molecular complexity index is 403. The molecular weight excluding hydrogens is 226 g/mol. The monoisotopic (exact) mass is 247 g/mol. The Morgan fingerprint density at radius 2 is 2.06 bits per heavy atom. The van der Waals surface area contributed by atoms with E-state index in [1.165, 1.54) is 12.8 Å². The molecule has 0 saturated heterocycles. The maximum Gasteiger partial charge on any atom is 0.239 e. The van der Waals surface area contributed by atoms with Crippen LogP contribution in [-0.2, 0) is 4.79 Å². The standard InChI is InChI=1S/C14H21N3O/c1-14(10-15,11-7-8-11)17-13(18)9-16-12-5-3-2-4-6-12/h2-6,11,16H,7-10,15H2,1H3,(H,17,18). The Labute approximate surface area is 108 Å². The first kappa shape index (κ1) is 12.9. The summed E-state index contributed by atoms with van der Waals surface area (Å²) >= 11 is 0. The fraction of sp³-hybridized carbons (Fsp3) is 0.500. The zero-order valence-corrected chi connectivity index (χ0v) is 10.8. The Hall–Kier alpha value is -1.55. The minimum absolute atomic E-state index is 0.00120. The minimum atomic E-state index is -0.241. The van der Waals surface area contributed by atoms with Gasteiger partial charge in [-0.2, -0.15) is 0 Å². The normalized spacial score (nSPS) is 17.9. The largest absolute Gasteiger partial charge is 0.376 e. The van der Waals surface area contributed by atoms with Crippen LogP contribution in [-0.4, -0.2) is 24.5 Å². The van der Waals surface area contributed by atoms with Crippen molar-refractivity contribution in [3.63, 3.8) is 0 Å². The number of hydrogen-bond donors (Lipinski definition) is 3. The molecular formula is C14H21N3O. The number of para-hydroxylation sites is 1. The van der Waals surface area contributed by atoms with Crippen molar-refractivity contribution in [2.75, 3.05) is 18.4 Å². The van der Waals surface area contributed by atoms with Gasteiger partial charge in [-0.05, 0) is 37.8 Å². The van der Waals surface area contributed by atoms with Crippen LogP contribution in [0.2, 0.25) is 0 Å². The lowest BCUT2D eigenvalue weighted by atomic mass is 9.96. The summed E-state index contributed by atoms with van der Waals surface area (Å²) in [5, 5.41) is 6.15. The van der Waals surface area contributed by atoms with E-state index in [0.29, 0.717) is 12.5 Å². The van der Waals surface area contributed by atoms with Gasteiger partial charge >= 0.3 is 0 Å². The summed E-state index contributed by atoms with van der Waals surface area (Å²) in [5.41, 5.74) is 6.48. The molecule has 4 heteroatoms. The highest BCUT2D eigenvalue weighted by Crippen LogP contribution is 2.38. The third kappa shape index (κ3) is 3.23. The molecule has 4 nitrogen and oxygen atoms in total. The number of carbonyl (C=O) groups is 1. The number of nitrogens with two attached hydrogens (primary N) is 1. The van der Waals surface area contributed by atoms with E-state index in [-0.39, 0.29) is 18.0 Å². The third-order valence-electron chi connectivity index (χ3n) is 3.55. The Kier molecular flexibility index (Phi) is 3.87. The van der Waals surface area contributed by atoms with Crippen LogP contribution in [0.5, 0.6) is 0 Å². The number of benzene rings is 1. The van der Waals surface area contributed by atoms with Gasteiger partial charge < -0.3 is 16.4 Å². The number of amides is 1. The molecule has 0 radical (unpaired) electrons. The summed E-state index contributed by atoms with van der Waals surface area (Å²) in [7, 11) is 0. The predicted molar refractivity (Wildman–Crippen MR) is 73.3 cm³/mol. The van der Waals surface area contributed by atoms with E-state index in [9.17, 15) is 4.79 Å². The van der Waals surface area contributed by atoms with Gasteiger partial charge in [0.05, 0.1) is 12.1 Å². The van der Waals surface area contributed by atoms with Crippen LogP contribution in [0.1, 0.15) is 19.8 Å². The third-order valence-corrected chi connectivity index (χ3v) is 3.55. The van der Waals surface area contributed by atoms with E-state index in [2.05, 4.69) is 10.6 Å². The van der Waals surface area contributed by atoms with Crippen molar-refractivity contribution in [1.82, 2.24) is 5.32 Å². The van der Waals surface area contributed by atoms with Gasteiger partial charge in [0.2, 0.25) is 5.91 Å². The van der Waals surface area contributed by atoms with Crippen LogP contribution in [0.15, 0.2) is 30.3 Å². The van der Waals surface area contributed by atoms with E-state index in [4.69, 9.17) is 5.73 Å². The number of hydrogen-bond acceptors (Lipinski definition) is 3. The van der Waals surface area contributed by atoms with Crippen molar-refractivity contribution >= 4 is 11.6 Å². The summed E-state index contributed by atoms with van der Waals surface area (Å²) in [5.74, 6) is 0.543. The molecule has 2 rings (SSSR count). The second kappa shape index (κ2) is 5.40. The van der Waals surface area contributed by atoms with Gasteiger partial charge in [-0.15, -0.1) is 0 Å². The Morgan fingerprint density at radius 1 is 1.39 bits per heavy atom. The van der Waals surface area contributed by atoms with E-state index < -0.39 is 0 Å². The molecule has 0 spiro atoms. The maximum atomic E-state index is 11.9. The van der Waals surface area contributed by atoms with Crippen molar-refractivity contribution in [1.29, 1.82) is 0 Å². The molecule has 0 bridgehead atoms. The molecule has 98 valence electrons. The zero-order chi connectivity index (χ0) is 13.0. The van der Waals surface area contributed by atoms with Gasteiger partial charge in [0.15, 0.2) is 0 Å². The van der Waals surface area contributed by atoms with E-state index in [1.807, 2.05) is 37.3 Å². The molecule has 1 aromatic carbocycles. The second-order valence-corrected chi connectivity index (χ2v) is 5.16. The van der Waals surface area contributed by atoms with Gasteiger partial charge in [0.1, 0.15) is 0 Å². The lowest BCUT2D eigenvalue weighted by Crippen LogP contribution is -2.54. The quantitative estimate of drug-likeness (QED) is 0.710. The number of nitrogens with one attached hydrogen (secondary N) is 2. The molecule has 4 N–H and O–H groups in total. The smallest absolute Gasteiger partial charge is 0.239 e. The fourth-order valence-corrected chi connectivity index (χ4v) is 2.14. The van der Waals surface area contributed by atoms with E-state index in [1.54, 1.807) is 0 Å². The summed E-state index contributed by atoms with van der Waals surface area (Å²) in [6, 6.07) is 9.71. The van der Waals surface area contributed by atoms with E-state index in [0.717, 1.165) is 5.69 Å². The van der Waals surface area contributed by atoms with Crippen LogP contribution in [0.25, 0.3) is 0 Å². The molecule has 1 atom stereocenters. The van der Waals surface area contributed by atoms with Gasteiger partial charge in [0, 0.05) is 12.2 Å². The first-order valence-corrected chi connectivity index (χ1v) is 6.44. The Morgan fingerprint density at radius 3 is 2.61 bits per heavy atom. The first-order valence-electron chi connectivity index (χ1n) is 6.44. The SMILES string of the molecule is CC(CN)(NC(=O)CNc1ccccc1)C1CC1. The topological polar surface area (TPSA) is 67.1 Å². The summed E-state index contributed by atoms with van der Waals surface area (Å²) in [6.45, 7) is 2.81. The van der Waals surface area contributed by atoms with Crippen LogP contribution in [0.3, 0.4) is 0 Å². The highest BCUT2D eigenvalue weighted by molar-refractivity contribution is 5.81. The van der Waals surface area contributed by atoms with Crippen molar-refractivity contribution in [2.45, 2.75) is 25.3 Å². The summed E-state index contributed by atoms with van der Waals surface area (Å²) < 4.78 is 0. The van der Waals surface area contributed by atoms with Crippen molar-refractivity contribution in [2.24, 2.45) is 11.7 Å². The van der Waals surface area contributed by atoms with Gasteiger partial charge in [-0.25, -0.2) is 0 Å². The molecule has 1 unspecified atom stereocenters. The molecule has 0 heterocycles. The average Bonchev–Trinajstić information content (AvgIpc) is 3.22. The highest BCUT2D eigenvalue weighted by Gasteiger charge is 2.41. The molecule has 1 aromatic rings. The lowest BCUT2D eigenvalue weighted by molar-refractivity contribution is -0.121. The van der Waals surface area contributed by atoms with Crippen LogP contribution in [0, 0.1) is 5.92 Å². The fourth-order valence-electron chi connectivity index (χ4n) is 2.14. The van der Waals surface area contributed by atoms with Crippen molar-refractivity contribution < 1.29 is 4.79 Å². The Balaban J connectivity index is 1.81. The molecule has 1 aliphatic rings. The number of rotatable bonds is 6. The average molecular weight is 247 g/mol. The van der Waals surface area contributed by atoms with Crippen molar-refractivity contribution in [3.8, 4) is 0 Å². The van der Waals surface area contributed by atoms with Crippen LogP contribution >= 0.6 is 0 Å². The predicted octanol–water partition coefficient (Wildman–Crippen LogP) is 1.34. The number of carbonyl (C=O) groups excluding carboxylic acids is 1. The second-order valence-electron chi connectivity index (χ2n) is 5.16. The molecule has 1 amide bonds. The molecule has 0 aliphatic heterocycles. The van der Waals surface area contributed by atoms with Crippen LogP contribution in [0.4, 0.5) is 5.69 Å². The molecule has 1 aliphatic carbocycles. The minimum Gasteiger partial charge on any atom is -0.376 e. The number of anilines is 1. The summed E-state index contributed by atoms with van der Waals surface area (Å²) in [4.78, 5) is 11.9. The van der Waals surface area contributed by atoms with Crippen LogP contribution < -0.4 is 16.4 Å². The van der Waals surface area contributed by atoms with E-state index >= 15 is 0 Å². The first-order chi connectivity index (χ1) is 8.64. The molecule has 18 heavy (non-hydrogen) atoms. The molecule has 1 saturated carbocycles. The van der Waals surface area contributed by atoms with Crippen molar-refractivity contribution in [3.05, 3.63) is 30.3 Å². The van der Waals surface area contributed by atoms with Gasteiger partial charge in [0.25, 0.3) is 0 Å².